The van der Waals surface area contributed by atoms with Gasteiger partial charge in [-0.2, -0.15) is 0 Å². The van der Waals surface area contributed by atoms with Crippen LogP contribution in [0.25, 0.3) is 0 Å². The van der Waals surface area contributed by atoms with Gasteiger partial charge in [-0.1, -0.05) is 0 Å². The van der Waals surface area contributed by atoms with Gasteiger partial charge in [0.15, 0.2) is 11.5 Å². The lowest BCUT2D eigenvalue weighted by Gasteiger charge is -2.19. The van der Waals surface area contributed by atoms with Crippen molar-refractivity contribution in [3.05, 3.63) is 42.4 Å². The molecule has 2 N–H and O–H groups in total. The number of fused-ring (bicyclic) bond motifs is 1. The third kappa shape index (κ3) is 3.78. The van der Waals surface area contributed by atoms with E-state index >= 15 is 0 Å². The summed E-state index contributed by atoms with van der Waals surface area (Å²) in [5, 5.41) is 5.37. The quantitative estimate of drug-likeness (QED) is 0.735. The van der Waals surface area contributed by atoms with Crippen molar-refractivity contribution >= 4 is 23.5 Å². The summed E-state index contributed by atoms with van der Waals surface area (Å²) in [5.74, 6) is 1.10. The summed E-state index contributed by atoms with van der Waals surface area (Å²) in [4.78, 5) is 37.7. The van der Waals surface area contributed by atoms with Crippen molar-refractivity contribution in [2.45, 2.75) is 25.4 Å². The van der Waals surface area contributed by atoms with Crippen LogP contribution in [0.15, 0.2) is 41.0 Å². The zero-order chi connectivity index (χ0) is 19.5. The predicted octanol–water partition coefficient (Wildman–Crippen LogP) is 1.89. The summed E-state index contributed by atoms with van der Waals surface area (Å²) >= 11 is 0. The number of anilines is 1. The molecule has 1 fully saturated rings. The average Bonchev–Trinajstić information content (AvgIpc) is 3.30. The highest BCUT2D eigenvalue weighted by Gasteiger charge is 2.38. The first-order valence-electron chi connectivity index (χ1n) is 8.94. The van der Waals surface area contributed by atoms with Crippen LogP contribution in [0, 0.1) is 0 Å². The number of hydrogen-bond acceptors (Lipinski definition) is 6. The molecule has 2 aliphatic heterocycles. The van der Waals surface area contributed by atoms with Crippen LogP contribution in [0.2, 0.25) is 0 Å². The molecule has 146 valence electrons. The molecule has 0 saturated carbocycles. The summed E-state index contributed by atoms with van der Waals surface area (Å²) in [6.07, 6.45) is 1.77. The number of nitrogens with one attached hydrogen (secondary N) is 2. The van der Waals surface area contributed by atoms with Crippen molar-refractivity contribution in [1.82, 2.24) is 10.2 Å². The van der Waals surface area contributed by atoms with Gasteiger partial charge >= 0.3 is 6.03 Å². The Hall–Kier alpha value is -3.49. The molecular formula is C19H19N3O6. The number of carbonyl (C=O) groups excluding carboxylic acids is 3. The molecular weight excluding hydrogens is 366 g/mol. The van der Waals surface area contributed by atoms with Crippen molar-refractivity contribution in [3.8, 4) is 11.5 Å². The Labute approximate surface area is 160 Å². The van der Waals surface area contributed by atoms with Crippen molar-refractivity contribution in [2.75, 3.05) is 18.5 Å². The molecule has 1 aromatic heterocycles. The Morgan fingerprint density at radius 1 is 1.18 bits per heavy atom. The minimum Gasteiger partial charge on any atom is -0.486 e. The molecule has 4 rings (SSSR count). The number of benzene rings is 1. The van der Waals surface area contributed by atoms with E-state index in [0.29, 0.717) is 36.2 Å². The molecule has 2 aliphatic rings. The summed E-state index contributed by atoms with van der Waals surface area (Å²) in [6.45, 7) is 1.02. The SMILES string of the molecule is O=C(CC[C@@H]1NC(=O)N(Cc2ccco2)C1=O)Nc1ccc2c(c1)OCCO2. The number of furan rings is 1. The second-order valence-electron chi connectivity index (χ2n) is 6.45. The maximum absolute atomic E-state index is 12.4. The number of hydrogen-bond donors (Lipinski definition) is 2. The molecule has 0 spiro atoms. The number of amides is 4. The van der Waals surface area contributed by atoms with Gasteiger partial charge in [0.1, 0.15) is 25.0 Å². The fourth-order valence-electron chi connectivity index (χ4n) is 3.10. The van der Waals surface area contributed by atoms with E-state index in [4.69, 9.17) is 13.9 Å². The molecule has 2 aromatic rings. The normalized spacial score (nSPS) is 18.1. The average molecular weight is 385 g/mol. The minimum absolute atomic E-state index is 0.0670. The lowest BCUT2D eigenvalue weighted by atomic mass is 10.1. The van der Waals surface area contributed by atoms with E-state index in [9.17, 15) is 14.4 Å². The van der Waals surface area contributed by atoms with Crippen LogP contribution in [0.5, 0.6) is 11.5 Å². The van der Waals surface area contributed by atoms with Gasteiger partial charge in [-0.05, 0) is 30.7 Å². The van der Waals surface area contributed by atoms with E-state index in [1.54, 1.807) is 30.3 Å². The lowest BCUT2D eigenvalue weighted by molar-refractivity contribution is -0.128. The zero-order valence-corrected chi connectivity index (χ0v) is 15.0. The largest absolute Gasteiger partial charge is 0.486 e. The molecule has 28 heavy (non-hydrogen) atoms. The molecule has 0 radical (unpaired) electrons. The number of imide groups is 1. The van der Waals surface area contributed by atoms with Crippen molar-refractivity contribution < 1.29 is 28.3 Å². The van der Waals surface area contributed by atoms with Crippen LogP contribution in [0.1, 0.15) is 18.6 Å². The Balaban J connectivity index is 1.30. The second-order valence-corrected chi connectivity index (χ2v) is 6.45. The van der Waals surface area contributed by atoms with Crippen LogP contribution >= 0.6 is 0 Å². The third-order valence-corrected chi connectivity index (χ3v) is 4.49. The molecule has 9 heteroatoms. The molecule has 1 saturated heterocycles. The molecule has 1 aromatic carbocycles. The second kappa shape index (κ2) is 7.63. The van der Waals surface area contributed by atoms with Crippen molar-refractivity contribution in [3.63, 3.8) is 0 Å². The molecule has 0 aliphatic carbocycles. The Morgan fingerprint density at radius 2 is 2.00 bits per heavy atom. The molecule has 1 atom stereocenters. The standard InChI is InChI=1S/C19H19N3O6/c23-17(20-12-3-5-15-16(10-12)28-9-8-27-15)6-4-14-18(24)22(19(25)21-14)11-13-2-1-7-26-13/h1-3,5,7,10,14H,4,6,8-9,11H2,(H,20,23)(H,21,25)/t14-/m0/s1. The van der Waals surface area contributed by atoms with Gasteiger partial charge in [-0.3, -0.25) is 14.5 Å². The van der Waals surface area contributed by atoms with Gasteiger partial charge in [0, 0.05) is 18.2 Å². The summed E-state index contributed by atoms with van der Waals surface area (Å²) in [6, 6.07) is 7.31. The van der Waals surface area contributed by atoms with E-state index < -0.39 is 12.1 Å². The van der Waals surface area contributed by atoms with Crippen LogP contribution in [-0.2, 0) is 16.1 Å². The van der Waals surface area contributed by atoms with Gasteiger partial charge in [0.25, 0.3) is 5.91 Å². The summed E-state index contributed by atoms with van der Waals surface area (Å²) in [7, 11) is 0. The van der Waals surface area contributed by atoms with Crippen molar-refractivity contribution in [2.24, 2.45) is 0 Å². The Morgan fingerprint density at radius 3 is 2.79 bits per heavy atom. The maximum Gasteiger partial charge on any atom is 0.325 e. The smallest absolute Gasteiger partial charge is 0.325 e. The Kier molecular flexibility index (Phi) is 4.88. The highest BCUT2D eigenvalue weighted by Crippen LogP contribution is 2.32. The van der Waals surface area contributed by atoms with Gasteiger partial charge in [-0.25, -0.2) is 4.79 Å². The topological polar surface area (TPSA) is 110 Å². The van der Waals surface area contributed by atoms with E-state index in [0.717, 1.165) is 4.90 Å². The first-order valence-corrected chi connectivity index (χ1v) is 8.94. The highest BCUT2D eigenvalue weighted by molar-refractivity contribution is 6.04. The molecule has 3 heterocycles. The van der Waals surface area contributed by atoms with Crippen LogP contribution in [0.4, 0.5) is 10.5 Å². The van der Waals surface area contributed by atoms with Gasteiger partial charge < -0.3 is 24.5 Å². The minimum atomic E-state index is -0.728. The van der Waals surface area contributed by atoms with Crippen LogP contribution in [0.3, 0.4) is 0 Å². The highest BCUT2D eigenvalue weighted by atomic mass is 16.6. The van der Waals surface area contributed by atoms with E-state index in [-0.39, 0.29) is 31.2 Å². The predicted molar refractivity (Wildman–Crippen MR) is 96.9 cm³/mol. The number of carbonyl (C=O) groups is 3. The van der Waals surface area contributed by atoms with Crippen LogP contribution in [-0.4, -0.2) is 42.0 Å². The van der Waals surface area contributed by atoms with Gasteiger partial charge in [0.2, 0.25) is 5.91 Å². The van der Waals surface area contributed by atoms with E-state index in [2.05, 4.69) is 10.6 Å². The zero-order valence-electron chi connectivity index (χ0n) is 15.0. The van der Waals surface area contributed by atoms with Gasteiger partial charge in [0.05, 0.1) is 12.8 Å². The number of nitrogens with zero attached hydrogens (tertiary/aromatic N) is 1. The maximum atomic E-state index is 12.4. The first-order chi connectivity index (χ1) is 13.6. The molecule has 9 nitrogen and oxygen atoms in total. The molecule has 4 amide bonds. The lowest BCUT2D eigenvalue weighted by Crippen LogP contribution is -2.31. The van der Waals surface area contributed by atoms with E-state index in [1.165, 1.54) is 6.26 Å². The monoisotopic (exact) mass is 385 g/mol. The number of rotatable bonds is 6. The number of urea groups is 1. The molecule has 0 unspecified atom stereocenters. The molecule has 0 bridgehead atoms. The summed E-state index contributed by atoms with van der Waals surface area (Å²) in [5.41, 5.74) is 0.579. The van der Waals surface area contributed by atoms with E-state index in [1.807, 2.05) is 0 Å². The summed E-state index contributed by atoms with van der Waals surface area (Å²) < 4.78 is 16.1. The fourth-order valence-corrected chi connectivity index (χ4v) is 3.10. The Bertz CT molecular complexity index is 895. The third-order valence-electron chi connectivity index (χ3n) is 4.49. The van der Waals surface area contributed by atoms with Crippen LogP contribution < -0.4 is 20.1 Å². The fraction of sp³-hybridized carbons (Fsp3) is 0.316. The van der Waals surface area contributed by atoms with Gasteiger partial charge in [-0.15, -0.1) is 0 Å². The first kappa shape index (κ1) is 17.9. The number of ether oxygens (including phenoxy) is 2. The van der Waals surface area contributed by atoms with Crippen molar-refractivity contribution in [1.29, 1.82) is 0 Å².